The minimum atomic E-state index is -4.20. The average molecular weight is 215 g/mol. The molecule has 0 heterocycles. The number of hydrogen-bond donors (Lipinski definition) is 1. The summed E-state index contributed by atoms with van der Waals surface area (Å²) in [5.74, 6) is 0. The fraction of sp³-hybridized carbons (Fsp3) is 0.273. The fourth-order valence-corrected chi connectivity index (χ4v) is 1.34. The molecule has 0 bridgehead atoms. The van der Waals surface area contributed by atoms with Crippen molar-refractivity contribution in [2.45, 2.75) is 19.5 Å². The first kappa shape index (κ1) is 11.6. The van der Waals surface area contributed by atoms with E-state index in [0.717, 1.165) is 5.57 Å². The van der Waals surface area contributed by atoms with Crippen molar-refractivity contribution in [2.75, 3.05) is 5.73 Å². The number of halogens is 3. The number of allylic oxidation sites excluding steroid dienone is 1. The van der Waals surface area contributed by atoms with E-state index in [1.54, 1.807) is 13.0 Å². The zero-order valence-corrected chi connectivity index (χ0v) is 8.36. The Labute approximate surface area is 86.4 Å². The lowest BCUT2D eigenvalue weighted by Gasteiger charge is -2.09. The summed E-state index contributed by atoms with van der Waals surface area (Å²) in [5, 5.41) is 0. The van der Waals surface area contributed by atoms with Crippen LogP contribution in [-0.2, 0) is 6.42 Å². The highest BCUT2D eigenvalue weighted by Gasteiger charge is 2.27. The highest BCUT2D eigenvalue weighted by atomic mass is 19.4. The molecule has 1 nitrogen and oxygen atoms in total. The molecule has 0 aliphatic carbocycles. The summed E-state index contributed by atoms with van der Waals surface area (Å²) in [5.41, 5.74) is 7.56. The van der Waals surface area contributed by atoms with Gasteiger partial charge in [0.1, 0.15) is 0 Å². The highest BCUT2D eigenvalue weighted by molar-refractivity contribution is 5.72. The van der Waals surface area contributed by atoms with Gasteiger partial charge in [0.25, 0.3) is 0 Å². The molecule has 0 radical (unpaired) electrons. The predicted octanol–water partition coefficient (Wildman–Crippen LogP) is 3.41. The average Bonchev–Trinajstić information content (AvgIpc) is 1.99. The summed E-state index contributed by atoms with van der Waals surface area (Å²) >= 11 is 0. The van der Waals surface area contributed by atoms with Crippen molar-refractivity contribution in [3.63, 3.8) is 0 Å². The highest BCUT2D eigenvalue weighted by Crippen LogP contribution is 2.26. The molecule has 0 saturated heterocycles. The molecule has 1 rings (SSSR count). The topological polar surface area (TPSA) is 26.0 Å². The van der Waals surface area contributed by atoms with E-state index < -0.39 is 12.6 Å². The lowest BCUT2D eigenvalue weighted by atomic mass is 10.0. The Morgan fingerprint density at radius 2 is 2.00 bits per heavy atom. The first-order chi connectivity index (χ1) is 6.79. The lowest BCUT2D eigenvalue weighted by Crippen LogP contribution is -2.11. The first-order valence-electron chi connectivity index (χ1n) is 4.40. The standard InChI is InChI=1S/C11H12F3N/c1-7(2)9-4-3-8(5-10(9)15)6-11(12,13)14/h3-5H,1,6,15H2,2H3. The largest absolute Gasteiger partial charge is 0.398 e. The Hall–Kier alpha value is -1.45. The van der Waals surface area contributed by atoms with Gasteiger partial charge in [-0.15, -0.1) is 0 Å². The second-order valence-corrected chi connectivity index (χ2v) is 3.49. The van der Waals surface area contributed by atoms with Gasteiger partial charge in [0.2, 0.25) is 0 Å². The van der Waals surface area contributed by atoms with Crippen LogP contribution in [0.2, 0.25) is 0 Å². The van der Waals surface area contributed by atoms with Crippen LogP contribution in [0, 0.1) is 0 Å². The molecule has 15 heavy (non-hydrogen) atoms. The van der Waals surface area contributed by atoms with Crippen LogP contribution in [0.4, 0.5) is 18.9 Å². The third-order valence-corrected chi connectivity index (χ3v) is 1.98. The van der Waals surface area contributed by atoms with Gasteiger partial charge in [-0.1, -0.05) is 18.7 Å². The molecule has 0 amide bonds. The molecule has 0 saturated carbocycles. The van der Waals surface area contributed by atoms with E-state index in [-0.39, 0.29) is 5.56 Å². The van der Waals surface area contributed by atoms with Crippen molar-refractivity contribution >= 4 is 11.3 Å². The third kappa shape index (κ3) is 3.31. The van der Waals surface area contributed by atoms with E-state index in [2.05, 4.69) is 6.58 Å². The molecule has 4 heteroatoms. The molecular weight excluding hydrogens is 203 g/mol. The lowest BCUT2D eigenvalue weighted by molar-refractivity contribution is -0.127. The Balaban J connectivity index is 2.97. The van der Waals surface area contributed by atoms with Crippen LogP contribution < -0.4 is 5.73 Å². The number of rotatable bonds is 2. The number of alkyl halides is 3. The maximum absolute atomic E-state index is 12.1. The normalized spacial score (nSPS) is 11.5. The number of nitrogen functional groups attached to an aromatic ring is 1. The molecule has 1 aromatic rings. The monoisotopic (exact) mass is 215 g/mol. The smallest absolute Gasteiger partial charge is 0.393 e. The third-order valence-electron chi connectivity index (χ3n) is 1.98. The van der Waals surface area contributed by atoms with Gasteiger partial charge in [-0.3, -0.25) is 0 Å². The number of nitrogens with two attached hydrogens (primary N) is 1. The minimum absolute atomic E-state index is 0.171. The van der Waals surface area contributed by atoms with Crippen molar-refractivity contribution in [3.8, 4) is 0 Å². The van der Waals surface area contributed by atoms with Crippen LogP contribution in [0.25, 0.3) is 5.57 Å². The maximum atomic E-state index is 12.1. The SMILES string of the molecule is C=C(C)c1ccc(CC(F)(F)F)cc1N. The van der Waals surface area contributed by atoms with E-state index in [0.29, 0.717) is 11.3 Å². The van der Waals surface area contributed by atoms with Gasteiger partial charge in [-0.05, 0) is 29.7 Å². The molecular formula is C11H12F3N. The summed E-state index contributed by atoms with van der Waals surface area (Å²) < 4.78 is 36.2. The van der Waals surface area contributed by atoms with Crippen LogP contribution in [0.15, 0.2) is 24.8 Å². The zero-order chi connectivity index (χ0) is 11.6. The summed E-state index contributed by atoms with van der Waals surface area (Å²) in [7, 11) is 0. The Morgan fingerprint density at radius 3 is 2.40 bits per heavy atom. The van der Waals surface area contributed by atoms with Crippen LogP contribution in [-0.4, -0.2) is 6.18 Å². The number of hydrogen-bond acceptors (Lipinski definition) is 1. The molecule has 0 fully saturated rings. The van der Waals surface area contributed by atoms with Gasteiger partial charge in [-0.2, -0.15) is 13.2 Å². The second kappa shape index (κ2) is 3.96. The van der Waals surface area contributed by atoms with Crippen LogP contribution in [0.1, 0.15) is 18.1 Å². The zero-order valence-electron chi connectivity index (χ0n) is 8.36. The Kier molecular flexibility index (Phi) is 3.07. The molecule has 0 atom stereocenters. The first-order valence-corrected chi connectivity index (χ1v) is 4.40. The maximum Gasteiger partial charge on any atom is 0.393 e. The molecule has 0 spiro atoms. The Bertz CT molecular complexity index is 380. The molecule has 0 aromatic heterocycles. The molecule has 82 valence electrons. The molecule has 2 N–H and O–H groups in total. The van der Waals surface area contributed by atoms with Gasteiger partial charge in [0, 0.05) is 5.69 Å². The second-order valence-electron chi connectivity index (χ2n) is 3.49. The molecule has 0 aliphatic rings. The van der Waals surface area contributed by atoms with E-state index in [9.17, 15) is 13.2 Å². The quantitative estimate of drug-likeness (QED) is 0.752. The molecule has 1 aromatic carbocycles. The van der Waals surface area contributed by atoms with Crippen molar-refractivity contribution in [2.24, 2.45) is 0 Å². The van der Waals surface area contributed by atoms with Crippen LogP contribution in [0.5, 0.6) is 0 Å². The van der Waals surface area contributed by atoms with Crippen molar-refractivity contribution in [1.29, 1.82) is 0 Å². The van der Waals surface area contributed by atoms with Crippen LogP contribution in [0.3, 0.4) is 0 Å². The summed E-state index contributed by atoms with van der Waals surface area (Å²) in [6, 6.07) is 4.34. The van der Waals surface area contributed by atoms with E-state index in [4.69, 9.17) is 5.73 Å². The van der Waals surface area contributed by atoms with Crippen LogP contribution >= 0.6 is 0 Å². The summed E-state index contributed by atoms with van der Waals surface area (Å²) in [6.45, 7) is 5.45. The van der Waals surface area contributed by atoms with Gasteiger partial charge in [-0.25, -0.2) is 0 Å². The fourth-order valence-electron chi connectivity index (χ4n) is 1.34. The summed E-state index contributed by atoms with van der Waals surface area (Å²) in [6.07, 6.45) is -5.15. The van der Waals surface area contributed by atoms with Crippen molar-refractivity contribution in [3.05, 3.63) is 35.9 Å². The van der Waals surface area contributed by atoms with Gasteiger partial charge >= 0.3 is 6.18 Å². The number of anilines is 1. The Morgan fingerprint density at radius 1 is 1.40 bits per heavy atom. The van der Waals surface area contributed by atoms with Gasteiger partial charge in [0.15, 0.2) is 0 Å². The van der Waals surface area contributed by atoms with E-state index in [1.165, 1.54) is 12.1 Å². The summed E-state index contributed by atoms with van der Waals surface area (Å²) in [4.78, 5) is 0. The van der Waals surface area contributed by atoms with Gasteiger partial charge in [0.05, 0.1) is 6.42 Å². The minimum Gasteiger partial charge on any atom is -0.398 e. The van der Waals surface area contributed by atoms with Crippen molar-refractivity contribution in [1.82, 2.24) is 0 Å². The molecule has 0 aliphatic heterocycles. The number of benzene rings is 1. The van der Waals surface area contributed by atoms with E-state index >= 15 is 0 Å². The van der Waals surface area contributed by atoms with Gasteiger partial charge < -0.3 is 5.73 Å². The van der Waals surface area contributed by atoms with E-state index in [1.807, 2.05) is 0 Å². The molecule has 0 unspecified atom stereocenters. The van der Waals surface area contributed by atoms with Crippen molar-refractivity contribution < 1.29 is 13.2 Å². The predicted molar refractivity (Wildman–Crippen MR) is 55.3 cm³/mol.